The van der Waals surface area contributed by atoms with Crippen molar-refractivity contribution in [3.63, 3.8) is 0 Å². The van der Waals surface area contributed by atoms with Crippen LogP contribution >= 0.6 is 15.9 Å². The van der Waals surface area contributed by atoms with E-state index in [1.54, 1.807) is 0 Å². The van der Waals surface area contributed by atoms with Crippen LogP contribution in [0.25, 0.3) is 0 Å². The van der Waals surface area contributed by atoms with E-state index in [0.717, 1.165) is 6.07 Å². The molecule has 3 nitrogen and oxygen atoms in total. The van der Waals surface area contributed by atoms with Crippen LogP contribution in [-0.2, 0) is 5.33 Å². The molecule has 7 heteroatoms. The molecule has 0 bridgehead atoms. The molecule has 1 rings (SSSR count). The number of halogens is 4. The van der Waals surface area contributed by atoms with Gasteiger partial charge >= 0.3 is 6.36 Å². The average molecular weight is 285 g/mol. The zero-order valence-electron chi connectivity index (χ0n) is 7.73. The molecular formula is C8H8BrF3N2O. The minimum absolute atomic E-state index is 0.311. The standard InChI is InChI=1S/C8H8BrF3N2O/c1-4-7(13)5(3-9)2-6(14-4)15-8(10,11)12/h2H,3,13H2,1H3. The molecule has 0 atom stereocenters. The minimum atomic E-state index is -4.74. The summed E-state index contributed by atoms with van der Waals surface area (Å²) in [6, 6.07) is 1.16. The molecular weight excluding hydrogens is 277 g/mol. The Bertz CT molecular complexity index is 368. The van der Waals surface area contributed by atoms with Gasteiger partial charge in [-0.3, -0.25) is 0 Å². The number of aromatic nitrogens is 1. The molecule has 0 aliphatic carbocycles. The zero-order valence-corrected chi connectivity index (χ0v) is 9.32. The van der Waals surface area contributed by atoms with Crippen molar-refractivity contribution in [2.45, 2.75) is 18.6 Å². The van der Waals surface area contributed by atoms with Crippen molar-refractivity contribution in [1.82, 2.24) is 4.98 Å². The van der Waals surface area contributed by atoms with Gasteiger partial charge in [0.25, 0.3) is 0 Å². The molecule has 84 valence electrons. The smallest absolute Gasteiger partial charge is 0.397 e. The number of alkyl halides is 4. The molecule has 0 aromatic carbocycles. The first-order valence-corrected chi connectivity index (χ1v) is 5.03. The second kappa shape index (κ2) is 4.26. The van der Waals surface area contributed by atoms with Crippen molar-refractivity contribution < 1.29 is 17.9 Å². The Kier molecular flexibility index (Phi) is 3.43. The Balaban J connectivity index is 3.06. The van der Waals surface area contributed by atoms with Crippen LogP contribution in [0.3, 0.4) is 0 Å². The van der Waals surface area contributed by atoms with Crippen LogP contribution in [0.15, 0.2) is 6.07 Å². The molecule has 1 heterocycles. The lowest BCUT2D eigenvalue weighted by atomic mass is 10.2. The number of ether oxygens (including phenoxy) is 1. The summed E-state index contributed by atoms with van der Waals surface area (Å²) in [6.07, 6.45) is -4.74. The molecule has 2 N–H and O–H groups in total. The molecule has 0 amide bonds. The van der Waals surface area contributed by atoms with E-state index < -0.39 is 12.2 Å². The Hall–Kier alpha value is -0.980. The van der Waals surface area contributed by atoms with Gasteiger partial charge in [-0.25, -0.2) is 4.98 Å². The molecule has 0 spiro atoms. The van der Waals surface area contributed by atoms with Crippen LogP contribution < -0.4 is 10.5 Å². The largest absolute Gasteiger partial charge is 0.574 e. The molecule has 0 saturated carbocycles. The highest BCUT2D eigenvalue weighted by Crippen LogP contribution is 2.26. The van der Waals surface area contributed by atoms with Gasteiger partial charge in [0.05, 0.1) is 11.4 Å². The Morgan fingerprint density at radius 2 is 2.13 bits per heavy atom. The summed E-state index contributed by atoms with van der Waals surface area (Å²) >= 11 is 3.11. The summed E-state index contributed by atoms with van der Waals surface area (Å²) in [5.74, 6) is -0.497. The highest BCUT2D eigenvalue weighted by Gasteiger charge is 2.32. The van der Waals surface area contributed by atoms with Crippen LogP contribution in [0.1, 0.15) is 11.3 Å². The predicted octanol–water partition coefficient (Wildman–Crippen LogP) is 2.77. The van der Waals surface area contributed by atoms with Crippen LogP contribution in [0.4, 0.5) is 18.9 Å². The van der Waals surface area contributed by atoms with Gasteiger partial charge in [-0.2, -0.15) is 0 Å². The van der Waals surface area contributed by atoms with Crippen molar-refractivity contribution in [2.24, 2.45) is 0 Å². The van der Waals surface area contributed by atoms with Crippen molar-refractivity contribution in [1.29, 1.82) is 0 Å². The molecule has 0 fully saturated rings. The summed E-state index contributed by atoms with van der Waals surface area (Å²) in [6.45, 7) is 1.52. The molecule has 0 aliphatic heterocycles. The number of anilines is 1. The summed E-state index contributed by atoms with van der Waals surface area (Å²) in [7, 11) is 0. The third-order valence-corrected chi connectivity index (χ3v) is 2.28. The number of rotatable bonds is 2. The maximum absolute atomic E-state index is 11.9. The number of hydrogen-bond donors (Lipinski definition) is 1. The monoisotopic (exact) mass is 284 g/mol. The van der Waals surface area contributed by atoms with Gasteiger partial charge in [-0.15, -0.1) is 13.2 Å². The van der Waals surface area contributed by atoms with Crippen molar-refractivity contribution in [3.8, 4) is 5.88 Å². The quantitative estimate of drug-likeness (QED) is 0.850. The number of pyridine rings is 1. The van der Waals surface area contributed by atoms with Gasteiger partial charge in [0.1, 0.15) is 0 Å². The zero-order chi connectivity index (χ0) is 11.6. The van der Waals surface area contributed by atoms with E-state index in [1.165, 1.54) is 6.92 Å². The highest BCUT2D eigenvalue weighted by atomic mass is 79.9. The summed E-state index contributed by atoms with van der Waals surface area (Å²) in [4.78, 5) is 3.58. The van der Waals surface area contributed by atoms with Gasteiger partial charge in [-0.1, -0.05) is 15.9 Å². The van der Waals surface area contributed by atoms with Crippen molar-refractivity contribution in [2.75, 3.05) is 5.73 Å². The van der Waals surface area contributed by atoms with Gasteiger partial charge in [0, 0.05) is 11.4 Å². The molecule has 15 heavy (non-hydrogen) atoms. The lowest BCUT2D eigenvalue weighted by Crippen LogP contribution is -2.18. The third kappa shape index (κ3) is 3.26. The van der Waals surface area contributed by atoms with Crippen LogP contribution in [0.5, 0.6) is 5.88 Å². The van der Waals surface area contributed by atoms with Gasteiger partial charge in [-0.05, 0) is 12.5 Å². The minimum Gasteiger partial charge on any atom is -0.397 e. The van der Waals surface area contributed by atoms with Crippen molar-refractivity contribution >= 4 is 21.6 Å². The topological polar surface area (TPSA) is 48.1 Å². The Labute approximate surface area is 92.6 Å². The summed E-state index contributed by atoms with van der Waals surface area (Å²) < 4.78 is 39.4. The number of nitrogens with zero attached hydrogens (tertiary/aromatic N) is 1. The first kappa shape index (κ1) is 12.1. The van der Waals surface area contributed by atoms with E-state index in [4.69, 9.17) is 5.73 Å². The number of hydrogen-bond acceptors (Lipinski definition) is 3. The van der Waals surface area contributed by atoms with E-state index in [0.29, 0.717) is 22.3 Å². The lowest BCUT2D eigenvalue weighted by molar-refractivity contribution is -0.276. The summed E-state index contributed by atoms with van der Waals surface area (Å²) in [5, 5.41) is 0.344. The SMILES string of the molecule is Cc1nc(OC(F)(F)F)cc(CBr)c1N. The molecule has 1 aromatic rings. The molecule has 0 radical (unpaired) electrons. The normalized spacial score (nSPS) is 11.5. The molecule has 0 aliphatic rings. The first-order valence-electron chi connectivity index (χ1n) is 3.91. The van der Waals surface area contributed by atoms with Crippen molar-refractivity contribution in [3.05, 3.63) is 17.3 Å². The molecule has 0 saturated heterocycles. The van der Waals surface area contributed by atoms with E-state index in [9.17, 15) is 13.2 Å². The lowest BCUT2D eigenvalue weighted by Gasteiger charge is -2.11. The van der Waals surface area contributed by atoms with Crippen LogP contribution in [0.2, 0.25) is 0 Å². The highest BCUT2D eigenvalue weighted by molar-refractivity contribution is 9.08. The maximum atomic E-state index is 11.9. The first-order chi connectivity index (χ1) is 6.83. The van der Waals surface area contributed by atoms with E-state index >= 15 is 0 Å². The molecule has 1 aromatic heterocycles. The Morgan fingerprint density at radius 1 is 1.53 bits per heavy atom. The third-order valence-electron chi connectivity index (χ3n) is 1.68. The number of nitrogens with two attached hydrogens (primary N) is 1. The fourth-order valence-electron chi connectivity index (χ4n) is 0.998. The van der Waals surface area contributed by atoms with Crippen LogP contribution in [0, 0.1) is 6.92 Å². The van der Waals surface area contributed by atoms with Gasteiger partial charge in [0.2, 0.25) is 5.88 Å². The average Bonchev–Trinajstić information content (AvgIpc) is 2.08. The van der Waals surface area contributed by atoms with E-state index in [-0.39, 0.29) is 0 Å². The number of nitrogen functional groups attached to an aromatic ring is 1. The molecule has 0 unspecified atom stereocenters. The second-order valence-electron chi connectivity index (χ2n) is 2.80. The van der Waals surface area contributed by atoms with E-state index in [2.05, 4.69) is 25.7 Å². The Morgan fingerprint density at radius 3 is 2.60 bits per heavy atom. The number of aryl methyl sites for hydroxylation is 1. The van der Waals surface area contributed by atoms with E-state index in [1.807, 2.05) is 0 Å². The fraction of sp³-hybridized carbons (Fsp3) is 0.375. The fourth-order valence-corrected chi connectivity index (χ4v) is 1.46. The van der Waals surface area contributed by atoms with Gasteiger partial charge in [0.15, 0.2) is 0 Å². The maximum Gasteiger partial charge on any atom is 0.574 e. The summed E-state index contributed by atoms with van der Waals surface area (Å²) in [5.41, 5.74) is 6.79. The predicted molar refractivity (Wildman–Crippen MR) is 52.7 cm³/mol. The second-order valence-corrected chi connectivity index (χ2v) is 3.36. The van der Waals surface area contributed by atoms with Crippen LogP contribution in [-0.4, -0.2) is 11.3 Å². The van der Waals surface area contributed by atoms with Gasteiger partial charge < -0.3 is 10.5 Å².